The summed E-state index contributed by atoms with van der Waals surface area (Å²) in [5, 5.41) is 10.9. The molecule has 1 fully saturated rings. The van der Waals surface area contributed by atoms with E-state index in [-0.39, 0.29) is 10.8 Å². The number of hydrogen-bond acceptors (Lipinski definition) is 7. The SMILES string of the molecule is CCCCN(CCCC)Cc1ccc(C=N/N=C2/NC(=O)/C(=C\C(=O)OC)S2)cc1. The van der Waals surface area contributed by atoms with Crippen molar-refractivity contribution in [1.82, 2.24) is 10.2 Å². The summed E-state index contributed by atoms with van der Waals surface area (Å²) in [6.45, 7) is 7.67. The first-order valence-corrected chi connectivity index (χ1v) is 11.1. The molecule has 0 saturated carbocycles. The van der Waals surface area contributed by atoms with Gasteiger partial charge < -0.3 is 4.74 Å². The molecule has 1 N–H and O–H groups in total. The Balaban J connectivity index is 1.92. The van der Waals surface area contributed by atoms with E-state index < -0.39 is 5.97 Å². The molecule has 1 aromatic rings. The summed E-state index contributed by atoms with van der Waals surface area (Å²) in [6.07, 6.45) is 7.63. The van der Waals surface area contributed by atoms with Gasteiger partial charge in [-0.1, -0.05) is 51.0 Å². The zero-order valence-electron chi connectivity index (χ0n) is 17.9. The number of esters is 1. The Bertz CT molecular complexity index is 795. The first kappa shape index (κ1) is 23.8. The summed E-state index contributed by atoms with van der Waals surface area (Å²) in [7, 11) is 1.26. The number of benzene rings is 1. The third-order valence-corrected chi connectivity index (χ3v) is 5.40. The zero-order valence-corrected chi connectivity index (χ0v) is 18.7. The van der Waals surface area contributed by atoms with Crippen LogP contribution >= 0.6 is 11.8 Å². The van der Waals surface area contributed by atoms with Gasteiger partial charge >= 0.3 is 5.97 Å². The number of rotatable bonds is 11. The van der Waals surface area contributed by atoms with Crippen LogP contribution in [0.3, 0.4) is 0 Å². The van der Waals surface area contributed by atoms with Crippen molar-refractivity contribution < 1.29 is 14.3 Å². The summed E-state index contributed by atoms with van der Waals surface area (Å²) in [4.78, 5) is 25.8. The van der Waals surface area contributed by atoms with Crippen LogP contribution in [0.4, 0.5) is 0 Å². The number of carbonyl (C=O) groups excluding carboxylic acids is 2. The molecule has 1 amide bonds. The summed E-state index contributed by atoms with van der Waals surface area (Å²) in [5.41, 5.74) is 2.21. The second-order valence-electron chi connectivity index (χ2n) is 6.96. The van der Waals surface area contributed by atoms with Gasteiger partial charge in [0.25, 0.3) is 5.91 Å². The first-order valence-electron chi connectivity index (χ1n) is 10.3. The van der Waals surface area contributed by atoms with Crippen LogP contribution in [0.2, 0.25) is 0 Å². The number of hydrogen-bond donors (Lipinski definition) is 1. The molecule has 1 aliphatic heterocycles. The number of carbonyl (C=O) groups is 2. The number of nitrogens with one attached hydrogen (secondary N) is 1. The lowest BCUT2D eigenvalue weighted by molar-refractivity contribution is -0.135. The van der Waals surface area contributed by atoms with Crippen molar-refractivity contribution in [2.75, 3.05) is 20.2 Å². The van der Waals surface area contributed by atoms with Gasteiger partial charge in [-0.3, -0.25) is 15.0 Å². The van der Waals surface area contributed by atoms with Crippen molar-refractivity contribution in [3.05, 3.63) is 46.4 Å². The highest BCUT2D eigenvalue weighted by atomic mass is 32.2. The maximum atomic E-state index is 11.8. The molecule has 1 aliphatic rings. The van der Waals surface area contributed by atoms with Gasteiger partial charge in [-0.2, -0.15) is 5.10 Å². The number of amidine groups is 1. The van der Waals surface area contributed by atoms with Crippen molar-refractivity contribution in [2.24, 2.45) is 10.2 Å². The number of thioether (sulfide) groups is 1. The monoisotopic (exact) mass is 430 g/mol. The fourth-order valence-electron chi connectivity index (χ4n) is 2.79. The van der Waals surface area contributed by atoms with Crippen LogP contribution in [0.25, 0.3) is 0 Å². The van der Waals surface area contributed by atoms with Gasteiger partial charge in [0.2, 0.25) is 0 Å². The molecule has 162 valence electrons. The fourth-order valence-corrected chi connectivity index (χ4v) is 3.53. The Kier molecular flexibility index (Phi) is 10.3. The third-order valence-electron chi connectivity index (χ3n) is 4.50. The van der Waals surface area contributed by atoms with Gasteiger partial charge in [0.05, 0.1) is 18.2 Å². The molecule has 0 atom stereocenters. The largest absolute Gasteiger partial charge is 0.466 e. The van der Waals surface area contributed by atoms with Crippen molar-refractivity contribution >= 4 is 35.0 Å². The van der Waals surface area contributed by atoms with Crippen LogP contribution in [0, 0.1) is 0 Å². The quantitative estimate of drug-likeness (QED) is 0.250. The molecule has 0 spiro atoms. The van der Waals surface area contributed by atoms with Gasteiger partial charge in [0, 0.05) is 12.6 Å². The number of unbranched alkanes of at least 4 members (excludes halogenated alkanes) is 2. The molecule has 0 unspecified atom stereocenters. The van der Waals surface area contributed by atoms with Crippen LogP contribution in [-0.4, -0.2) is 48.4 Å². The number of amides is 1. The topological polar surface area (TPSA) is 83.4 Å². The van der Waals surface area contributed by atoms with Gasteiger partial charge in [-0.15, -0.1) is 5.10 Å². The van der Waals surface area contributed by atoms with E-state index in [4.69, 9.17) is 0 Å². The van der Waals surface area contributed by atoms with Crippen LogP contribution in [-0.2, 0) is 20.9 Å². The Morgan fingerprint density at radius 3 is 2.43 bits per heavy atom. The molecule has 8 heteroatoms. The first-order chi connectivity index (χ1) is 14.5. The summed E-state index contributed by atoms with van der Waals surface area (Å²) < 4.78 is 4.53. The Morgan fingerprint density at radius 1 is 1.17 bits per heavy atom. The maximum absolute atomic E-state index is 11.8. The van der Waals surface area contributed by atoms with E-state index in [1.807, 2.05) is 12.1 Å². The number of nitrogens with zero attached hydrogens (tertiary/aromatic N) is 3. The van der Waals surface area contributed by atoms with Crippen molar-refractivity contribution in [1.29, 1.82) is 0 Å². The minimum Gasteiger partial charge on any atom is -0.466 e. The van der Waals surface area contributed by atoms with E-state index in [0.717, 1.165) is 43.0 Å². The molecule has 0 aromatic heterocycles. The Morgan fingerprint density at radius 2 is 1.83 bits per heavy atom. The van der Waals surface area contributed by atoms with Crippen molar-refractivity contribution in [3.8, 4) is 0 Å². The van der Waals surface area contributed by atoms with E-state index >= 15 is 0 Å². The van der Waals surface area contributed by atoms with Crippen LogP contribution in [0.1, 0.15) is 50.7 Å². The van der Waals surface area contributed by atoms with Crippen LogP contribution in [0.5, 0.6) is 0 Å². The number of ether oxygens (including phenoxy) is 1. The predicted molar refractivity (Wildman–Crippen MR) is 122 cm³/mol. The Labute approximate surface area is 182 Å². The minimum absolute atomic E-state index is 0.232. The van der Waals surface area contributed by atoms with E-state index in [9.17, 15) is 9.59 Å². The fraction of sp³-hybridized carbons (Fsp3) is 0.455. The molecule has 0 aliphatic carbocycles. The highest BCUT2D eigenvalue weighted by Gasteiger charge is 2.24. The summed E-state index contributed by atoms with van der Waals surface area (Å²) in [6, 6.07) is 8.25. The average Bonchev–Trinajstić information content (AvgIpc) is 3.09. The third kappa shape index (κ3) is 8.12. The van der Waals surface area contributed by atoms with E-state index in [1.54, 1.807) is 6.21 Å². The minimum atomic E-state index is -0.583. The van der Waals surface area contributed by atoms with Crippen LogP contribution in [0.15, 0.2) is 45.4 Å². The molecule has 7 nitrogen and oxygen atoms in total. The molecule has 0 bridgehead atoms. The van der Waals surface area contributed by atoms with Crippen LogP contribution < -0.4 is 5.32 Å². The smallest absolute Gasteiger partial charge is 0.331 e. The summed E-state index contributed by atoms with van der Waals surface area (Å²) in [5.74, 6) is -0.972. The van der Waals surface area contributed by atoms with Crippen molar-refractivity contribution in [2.45, 2.75) is 46.1 Å². The molecular formula is C22H30N4O3S. The average molecular weight is 431 g/mol. The molecular weight excluding hydrogens is 400 g/mol. The maximum Gasteiger partial charge on any atom is 0.331 e. The van der Waals surface area contributed by atoms with Gasteiger partial charge in [0.15, 0.2) is 5.17 Å². The molecule has 0 radical (unpaired) electrons. The van der Waals surface area contributed by atoms with Gasteiger partial charge in [0.1, 0.15) is 0 Å². The molecule has 30 heavy (non-hydrogen) atoms. The normalized spacial score (nSPS) is 16.7. The standard InChI is InChI=1S/C22H30N4O3S/c1-4-6-12-26(13-7-5-2)16-18-10-8-17(9-11-18)15-23-25-22-24-21(28)19(30-22)14-20(27)29-3/h8-11,14-15H,4-7,12-13,16H2,1-3H3,(H,24,25,28)/b19-14+,23-15?. The highest BCUT2D eigenvalue weighted by molar-refractivity contribution is 8.18. The van der Waals surface area contributed by atoms with E-state index in [1.165, 1.54) is 38.4 Å². The zero-order chi connectivity index (χ0) is 21.8. The molecule has 2 rings (SSSR count). The second-order valence-corrected chi connectivity index (χ2v) is 7.99. The molecule has 1 aromatic carbocycles. The lowest BCUT2D eigenvalue weighted by atomic mass is 10.1. The van der Waals surface area contributed by atoms with Gasteiger partial charge in [-0.05, 0) is 48.8 Å². The van der Waals surface area contributed by atoms with E-state index in [2.05, 4.69) is 51.1 Å². The lowest BCUT2D eigenvalue weighted by Gasteiger charge is -2.22. The second kappa shape index (κ2) is 13.0. The number of methoxy groups -OCH3 is 1. The highest BCUT2D eigenvalue weighted by Crippen LogP contribution is 2.23. The molecule has 1 saturated heterocycles. The Hall–Kier alpha value is -2.45. The predicted octanol–water partition coefficient (Wildman–Crippen LogP) is 3.70. The molecule has 1 heterocycles. The van der Waals surface area contributed by atoms with Gasteiger partial charge in [-0.25, -0.2) is 4.79 Å². The van der Waals surface area contributed by atoms with E-state index in [0.29, 0.717) is 5.17 Å². The van der Waals surface area contributed by atoms with Crippen molar-refractivity contribution in [3.63, 3.8) is 0 Å². The summed E-state index contributed by atoms with van der Waals surface area (Å²) >= 11 is 1.05. The lowest BCUT2D eigenvalue weighted by Crippen LogP contribution is -2.25.